The van der Waals surface area contributed by atoms with E-state index in [1.165, 1.54) is 25.7 Å². The van der Waals surface area contributed by atoms with Gasteiger partial charge in [-0.2, -0.15) is 0 Å². The Hall–Kier alpha value is -1.06. The Bertz CT molecular complexity index is 373. The van der Waals surface area contributed by atoms with Crippen LogP contribution in [0.15, 0.2) is 0 Å². The normalized spacial score (nSPS) is 30.0. The maximum Gasteiger partial charge on any atom is 0.307 e. The first kappa shape index (κ1) is 13.9. The topological polar surface area (TPSA) is 57.6 Å². The second kappa shape index (κ2) is 5.74. The van der Waals surface area contributed by atoms with Gasteiger partial charge in [0.2, 0.25) is 5.91 Å². The Labute approximate surface area is 120 Å². The van der Waals surface area contributed by atoms with Crippen molar-refractivity contribution < 1.29 is 14.7 Å². The first-order valence-corrected chi connectivity index (χ1v) is 8.16. The van der Waals surface area contributed by atoms with Crippen molar-refractivity contribution in [2.75, 3.05) is 13.1 Å². The number of carboxylic acid groups (broad SMARTS) is 1. The van der Waals surface area contributed by atoms with Gasteiger partial charge in [-0.15, -0.1) is 0 Å². The van der Waals surface area contributed by atoms with E-state index < -0.39 is 11.9 Å². The van der Waals surface area contributed by atoms with Gasteiger partial charge >= 0.3 is 5.97 Å². The van der Waals surface area contributed by atoms with Crippen molar-refractivity contribution in [3.05, 3.63) is 0 Å². The minimum atomic E-state index is -0.777. The number of carbonyl (C=O) groups excluding carboxylic acids is 1. The van der Waals surface area contributed by atoms with Crippen molar-refractivity contribution in [2.45, 2.75) is 51.4 Å². The Balaban J connectivity index is 1.66. The van der Waals surface area contributed by atoms with Gasteiger partial charge in [0.25, 0.3) is 0 Å². The lowest BCUT2D eigenvalue weighted by Gasteiger charge is -2.33. The van der Waals surface area contributed by atoms with Gasteiger partial charge in [-0.05, 0) is 50.4 Å². The average Bonchev–Trinajstić information content (AvgIpc) is 3.32. The molecular formula is C16H25NO3. The molecule has 3 rings (SSSR count). The third kappa shape index (κ3) is 3.33. The first-order valence-electron chi connectivity index (χ1n) is 8.16. The molecular weight excluding hydrogens is 254 g/mol. The molecule has 0 spiro atoms. The fourth-order valence-corrected chi connectivity index (χ4v) is 3.44. The number of hydrogen-bond donors (Lipinski definition) is 1. The SMILES string of the molecule is O=C(O)[C@H]1CCCC[C@H]1C(=O)N(CC1CC1)CC1CC1. The minimum absolute atomic E-state index is 0.135. The third-order valence-corrected chi connectivity index (χ3v) is 5.06. The van der Waals surface area contributed by atoms with E-state index in [0.717, 1.165) is 32.4 Å². The third-order valence-electron chi connectivity index (χ3n) is 5.06. The lowest BCUT2D eigenvalue weighted by Crippen LogP contribution is -2.44. The van der Waals surface area contributed by atoms with Crippen LogP contribution in [0.2, 0.25) is 0 Å². The van der Waals surface area contributed by atoms with Crippen molar-refractivity contribution in [1.29, 1.82) is 0 Å². The largest absolute Gasteiger partial charge is 0.481 e. The van der Waals surface area contributed by atoms with Crippen LogP contribution < -0.4 is 0 Å². The van der Waals surface area contributed by atoms with Crippen molar-refractivity contribution in [1.82, 2.24) is 4.90 Å². The zero-order valence-corrected chi connectivity index (χ0v) is 12.1. The number of carbonyl (C=O) groups is 2. The maximum atomic E-state index is 12.8. The summed E-state index contributed by atoms with van der Waals surface area (Å²) < 4.78 is 0. The molecule has 0 aromatic rings. The van der Waals surface area contributed by atoms with Gasteiger partial charge in [0.05, 0.1) is 11.8 Å². The molecule has 2 atom stereocenters. The Morgan fingerprint density at radius 2 is 1.35 bits per heavy atom. The molecule has 0 saturated heterocycles. The molecule has 0 unspecified atom stereocenters. The highest BCUT2D eigenvalue weighted by Gasteiger charge is 2.40. The van der Waals surface area contributed by atoms with Crippen molar-refractivity contribution in [2.24, 2.45) is 23.7 Å². The van der Waals surface area contributed by atoms with Crippen molar-refractivity contribution >= 4 is 11.9 Å². The summed E-state index contributed by atoms with van der Waals surface area (Å²) in [6, 6.07) is 0. The van der Waals surface area contributed by atoms with Crippen LogP contribution in [0.1, 0.15) is 51.4 Å². The highest BCUT2D eigenvalue weighted by Crippen LogP contribution is 2.37. The number of rotatable bonds is 6. The molecule has 0 bridgehead atoms. The highest BCUT2D eigenvalue weighted by molar-refractivity contribution is 5.85. The van der Waals surface area contributed by atoms with Gasteiger partial charge in [-0.1, -0.05) is 12.8 Å². The second-order valence-electron chi connectivity index (χ2n) is 6.97. The van der Waals surface area contributed by atoms with E-state index in [9.17, 15) is 14.7 Å². The maximum absolute atomic E-state index is 12.8. The molecule has 20 heavy (non-hydrogen) atoms. The number of carboxylic acids is 1. The van der Waals surface area contributed by atoms with Gasteiger partial charge in [-0.3, -0.25) is 9.59 Å². The molecule has 0 aliphatic heterocycles. The molecule has 3 fully saturated rings. The average molecular weight is 279 g/mol. The van der Waals surface area contributed by atoms with E-state index in [0.29, 0.717) is 18.3 Å². The van der Waals surface area contributed by atoms with E-state index in [1.807, 2.05) is 4.90 Å². The number of hydrogen-bond acceptors (Lipinski definition) is 2. The summed E-state index contributed by atoms with van der Waals surface area (Å²) in [5, 5.41) is 9.36. The molecule has 3 aliphatic carbocycles. The number of nitrogens with zero attached hydrogens (tertiary/aromatic N) is 1. The lowest BCUT2D eigenvalue weighted by molar-refractivity contribution is -0.152. The highest BCUT2D eigenvalue weighted by atomic mass is 16.4. The standard InChI is InChI=1S/C16H25NO3/c18-15(13-3-1-2-4-14(13)16(19)20)17(9-11-5-6-11)10-12-7-8-12/h11-14H,1-10H2,(H,19,20)/t13-,14+/m1/s1. The van der Waals surface area contributed by atoms with Gasteiger partial charge in [-0.25, -0.2) is 0 Å². The van der Waals surface area contributed by atoms with Gasteiger partial charge in [0.15, 0.2) is 0 Å². The van der Waals surface area contributed by atoms with Crippen LogP contribution in [0.4, 0.5) is 0 Å². The smallest absolute Gasteiger partial charge is 0.307 e. The molecule has 1 N–H and O–H groups in total. The summed E-state index contributed by atoms with van der Waals surface area (Å²) in [7, 11) is 0. The summed E-state index contributed by atoms with van der Waals surface area (Å²) in [6.45, 7) is 1.75. The molecule has 0 aromatic carbocycles. The Morgan fingerprint density at radius 3 is 1.80 bits per heavy atom. The summed E-state index contributed by atoms with van der Waals surface area (Å²) in [5.74, 6) is 0.0155. The molecule has 112 valence electrons. The molecule has 3 aliphatic rings. The molecule has 0 heterocycles. The van der Waals surface area contributed by atoms with Gasteiger partial charge in [0, 0.05) is 13.1 Å². The van der Waals surface area contributed by atoms with Crippen LogP contribution >= 0.6 is 0 Å². The van der Waals surface area contributed by atoms with E-state index in [2.05, 4.69) is 0 Å². The molecule has 0 radical (unpaired) electrons. The summed E-state index contributed by atoms with van der Waals surface area (Å²) in [4.78, 5) is 26.2. The van der Waals surface area contributed by atoms with Crippen LogP contribution in [0.25, 0.3) is 0 Å². The van der Waals surface area contributed by atoms with Crippen LogP contribution in [0, 0.1) is 23.7 Å². The second-order valence-corrected chi connectivity index (χ2v) is 6.97. The van der Waals surface area contributed by atoms with Crippen LogP contribution in [0.5, 0.6) is 0 Å². The molecule has 4 nitrogen and oxygen atoms in total. The molecule has 4 heteroatoms. The first-order chi connectivity index (χ1) is 9.65. The zero-order valence-electron chi connectivity index (χ0n) is 12.1. The molecule has 0 aromatic heterocycles. The van der Waals surface area contributed by atoms with E-state index in [1.54, 1.807) is 0 Å². The quantitative estimate of drug-likeness (QED) is 0.813. The fourth-order valence-electron chi connectivity index (χ4n) is 3.44. The fraction of sp³-hybridized carbons (Fsp3) is 0.875. The number of aliphatic carboxylic acids is 1. The van der Waals surface area contributed by atoms with Crippen molar-refractivity contribution in [3.63, 3.8) is 0 Å². The van der Waals surface area contributed by atoms with E-state index in [-0.39, 0.29) is 11.8 Å². The number of amides is 1. The van der Waals surface area contributed by atoms with Gasteiger partial charge < -0.3 is 10.0 Å². The summed E-state index contributed by atoms with van der Waals surface area (Å²) >= 11 is 0. The van der Waals surface area contributed by atoms with Gasteiger partial charge in [0.1, 0.15) is 0 Å². The van der Waals surface area contributed by atoms with E-state index >= 15 is 0 Å². The Kier molecular flexibility index (Phi) is 3.99. The minimum Gasteiger partial charge on any atom is -0.481 e. The predicted octanol–water partition coefficient (Wildman–Crippen LogP) is 2.53. The lowest BCUT2D eigenvalue weighted by atomic mass is 9.78. The molecule has 3 saturated carbocycles. The van der Waals surface area contributed by atoms with Crippen molar-refractivity contribution in [3.8, 4) is 0 Å². The summed E-state index contributed by atoms with van der Waals surface area (Å²) in [6.07, 6.45) is 8.34. The predicted molar refractivity (Wildman–Crippen MR) is 75.1 cm³/mol. The van der Waals surface area contributed by atoms with Crippen LogP contribution in [0.3, 0.4) is 0 Å². The summed E-state index contributed by atoms with van der Waals surface area (Å²) in [5.41, 5.74) is 0. The Morgan fingerprint density at radius 1 is 0.850 bits per heavy atom. The monoisotopic (exact) mass is 279 g/mol. The zero-order chi connectivity index (χ0) is 14.1. The molecule has 1 amide bonds. The van der Waals surface area contributed by atoms with Crippen LogP contribution in [-0.2, 0) is 9.59 Å². The van der Waals surface area contributed by atoms with Crippen LogP contribution in [-0.4, -0.2) is 35.0 Å². The van der Waals surface area contributed by atoms with E-state index in [4.69, 9.17) is 0 Å².